The molecule has 4 nitrogen and oxygen atoms in total. The van der Waals surface area contributed by atoms with E-state index in [0.29, 0.717) is 12.2 Å². The lowest BCUT2D eigenvalue weighted by molar-refractivity contribution is -0.0346. The van der Waals surface area contributed by atoms with Gasteiger partial charge in [0.1, 0.15) is 0 Å². The summed E-state index contributed by atoms with van der Waals surface area (Å²) in [6.07, 6.45) is 1.79. The number of hydrogen-bond acceptors (Lipinski definition) is 4. The van der Waals surface area contributed by atoms with E-state index in [4.69, 9.17) is 21.1 Å². The fourth-order valence-electron chi connectivity index (χ4n) is 3.51. The smallest absolute Gasteiger partial charge is 0.338 e. The lowest BCUT2D eigenvalue weighted by atomic mass is 9.84. The van der Waals surface area contributed by atoms with Crippen LogP contribution >= 0.6 is 11.6 Å². The fourth-order valence-corrected chi connectivity index (χ4v) is 3.64. The molecule has 2 aromatic carbocycles. The highest BCUT2D eigenvalue weighted by Crippen LogP contribution is 2.38. The van der Waals surface area contributed by atoms with E-state index < -0.39 is 0 Å². The van der Waals surface area contributed by atoms with Crippen LogP contribution in [0.4, 0.5) is 5.69 Å². The van der Waals surface area contributed by atoms with E-state index in [-0.39, 0.29) is 11.6 Å². The van der Waals surface area contributed by atoms with Gasteiger partial charge >= 0.3 is 5.97 Å². The van der Waals surface area contributed by atoms with Crippen LogP contribution in [0.1, 0.15) is 35.7 Å². The first-order chi connectivity index (χ1) is 12.6. The third-order valence-electron chi connectivity index (χ3n) is 5.08. The molecule has 0 unspecified atom stereocenters. The molecule has 1 saturated heterocycles. The predicted octanol–water partition coefficient (Wildman–Crippen LogP) is 4.66. The SMILES string of the molecule is CCOC(=O)c1ccc(N2CCC(OC)(c3ccc(Cl)cc3)CC2)cc1. The summed E-state index contributed by atoms with van der Waals surface area (Å²) in [5.41, 5.74) is 2.59. The highest BCUT2D eigenvalue weighted by Gasteiger charge is 2.36. The van der Waals surface area contributed by atoms with Crippen molar-refractivity contribution >= 4 is 23.3 Å². The van der Waals surface area contributed by atoms with Crippen LogP contribution in [-0.2, 0) is 15.1 Å². The summed E-state index contributed by atoms with van der Waals surface area (Å²) < 4.78 is 11.0. The minimum atomic E-state index is -0.279. The number of methoxy groups -OCH3 is 1. The Labute approximate surface area is 159 Å². The van der Waals surface area contributed by atoms with Crippen molar-refractivity contribution in [3.8, 4) is 0 Å². The van der Waals surface area contributed by atoms with Gasteiger partial charge in [-0.25, -0.2) is 4.79 Å². The zero-order valence-corrected chi connectivity index (χ0v) is 16.0. The summed E-state index contributed by atoms with van der Waals surface area (Å²) in [6, 6.07) is 15.5. The molecule has 1 aliphatic heterocycles. The molecule has 1 heterocycles. The Balaban J connectivity index is 1.69. The second kappa shape index (κ2) is 8.11. The maximum absolute atomic E-state index is 11.8. The normalized spacial score (nSPS) is 16.3. The molecule has 26 heavy (non-hydrogen) atoms. The molecule has 0 N–H and O–H groups in total. The molecule has 1 fully saturated rings. The topological polar surface area (TPSA) is 38.8 Å². The number of benzene rings is 2. The Morgan fingerprint density at radius 1 is 1.08 bits per heavy atom. The van der Waals surface area contributed by atoms with Crippen LogP contribution in [0.2, 0.25) is 5.02 Å². The number of nitrogens with zero attached hydrogens (tertiary/aromatic N) is 1. The molecular weight excluding hydrogens is 350 g/mol. The minimum Gasteiger partial charge on any atom is -0.462 e. The molecule has 0 spiro atoms. The first kappa shape index (κ1) is 18.7. The van der Waals surface area contributed by atoms with E-state index in [1.165, 1.54) is 5.56 Å². The number of piperidine rings is 1. The van der Waals surface area contributed by atoms with Gasteiger partial charge < -0.3 is 14.4 Å². The molecule has 1 aliphatic rings. The molecule has 0 atom stereocenters. The van der Waals surface area contributed by atoms with Crippen molar-refractivity contribution in [1.29, 1.82) is 0 Å². The van der Waals surface area contributed by atoms with Crippen molar-refractivity contribution in [1.82, 2.24) is 0 Å². The van der Waals surface area contributed by atoms with E-state index in [2.05, 4.69) is 17.0 Å². The van der Waals surface area contributed by atoms with Crippen LogP contribution in [0.3, 0.4) is 0 Å². The predicted molar refractivity (Wildman–Crippen MR) is 104 cm³/mol. The number of ether oxygens (including phenoxy) is 2. The van der Waals surface area contributed by atoms with Gasteiger partial charge in [0.15, 0.2) is 0 Å². The van der Waals surface area contributed by atoms with E-state index in [9.17, 15) is 4.79 Å². The molecule has 0 bridgehead atoms. The Morgan fingerprint density at radius 2 is 1.69 bits per heavy atom. The van der Waals surface area contributed by atoms with Crippen molar-refractivity contribution in [2.75, 3.05) is 31.7 Å². The first-order valence-electron chi connectivity index (χ1n) is 8.91. The van der Waals surface area contributed by atoms with Gasteiger partial charge in [-0.05, 0) is 61.7 Å². The van der Waals surface area contributed by atoms with Gasteiger partial charge in [-0.3, -0.25) is 0 Å². The maximum atomic E-state index is 11.8. The van der Waals surface area contributed by atoms with Gasteiger partial charge in [-0.1, -0.05) is 23.7 Å². The van der Waals surface area contributed by atoms with Crippen LogP contribution in [0.15, 0.2) is 48.5 Å². The third kappa shape index (κ3) is 3.87. The summed E-state index contributed by atoms with van der Waals surface area (Å²) in [4.78, 5) is 14.1. The van der Waals surface area contributed by atoms with Crippen LogP contribution in [0.25, 0.3) is 0 Å². The summed E-state index contributed by atoms with van der Waals surface area (Å²) in [7, 11) is 1.78. The molecule has 3 rings (SSSR count). The number of halogens is 1. The number of carbonyl (C=O) groups excluding carboxylic acids is 1. The second-order valence-corrected chi connectivity index (χ2v) is 6.90. The Hall–Kier alpha value is -2.04. The van der Waals surface area contributed by atoms with Crippen molar-refractivity contribution in [3.05, 3.63) is 64.7 Å². The van der Waals surface area contributed by atoms with Gasteiger partial charge in [0, 0.05) is 30.9 Å². The summed E-state index contributed by atoms with van der Waals surface area (Å²) >= 11 is 6.02. The second-order valence-electron chi connectivity index (χ2n) is 6.46. The van der Waals surface area contributed by atoms with Crippen LogP contribution in [0, 0.1) is 0 Å². The van der Waals surface area contributed by atoms with Gasteiger partial charge in [0.2, 0.25) is 0 Å². The first-order valence-corrected chi connectivity index (χ1v) is 9.29. The van der Waals surface area contributed by atoms with Gasteiger partial charge in [0.05, 0.1) is 17.8 Å². The van der Waals surface area contributed by atoms with Gasteiger partial charge in [0.25, 0.3) is 0 Å². The Kier molecular flexibility index (Phi) is 5.84. The largest absolute Gasteiger partial charge is 0.462 e. The summed E-state index contributed by atoms with van der Waals surface area (Å²) in [5.74, 6) is -0.279. The lowest BCUT2D eigenvalue weighted by Gasteiger charge is -2.42. The zero-order chi connectivity index (χ0) is 18.6. The number of carbonyl (C=O) groups is 1. The average Bonchev–Trinajstić information content (AvgIpc) is 2.69. The Bertz CT molecular complexity index is 735. The fraction of sp³-hybridized carbons (Fsp3) is 0.381. The maximum Gasteiger partial charge on any atom is 0.338 e. The Morgan fingerprint density at radius 3 is 2.23 bits per heavy atom. The molecule has 138 valence electrons. The van der Waals surface area contributed by atoms with Crippen LogP contribution < -0.4 is 4.90 Å². The molecule has 5 heteroatoms. The molecule has 0 aromatic heterocycles. The molecule has 0 radical (unpaired) electrons. The summed E-state index contributed by atoms with van der Waals surface area (Å²) in [6.45, 7) is 3.96. The van der Waals surface area contributed by atoms with E-state index in [0.717, 1.165) is 36.6 Å². The zero-order valence-electron chi connectivity index (χ0n) is 15.2. The monoisotopic (exact) mass is 373 g/mol. The number of rotatable bonds is 5. The highest BCUT2D eigenvalue weighted by atomic mass is 35.5. The van der Waals surface area contributed by atoms with Crippen molar-refractivity contribution in [2.24, 2.45) is 0 Å². The lowest BCUT2D eigenvalue weighted by Crippen LogP contribution is -2.43. The minimum absolute atomic E-state index is 0.272. The van der Waals surface area contributed by atoms with E-state index in [1.807, 2.05) is 43.3 Å². The van der Waals surface area contributed by atoms with Gasteiger partial charge in [-0.15, -0.1) is 0 Å². The number of esters is 1. The molecule has 0 saturated carbocycles. The third-order valence-corrected chi connectivity index (χ3v) is 5.33. The molecule has 2 aromatic rings. The molecular formula is C21H24ClNO3. The average molecular weight is 374 g/mol. The van der Waals surface area contributed by atoms with Gasteiger partial charge in [-0.2, -0.15) is 0 Å². The standard InChI is InChI=1S/C21H24ClNO3/c1-3-26-20(24)16-4-10-19(11-5-16)23-14-12-21(25-2,13-15-23)17-6-8-18(22)9-7-17/h4-11H,3,12-15H2,1-2H3. The van der Waals surface area contributed by atoms with E-state index >= 15 is 0 Å². The van der Waals surface area contributed by atoms with Crippen molar-refractivity contribution in [2.45, 2.75) is 25.4 Å². The molecule has 0 amide bonds. The molecule has 0 aliphatic carbocycles. The van der Waals surface area contributed by atoms with E-state index in [1.54, 1.807) is 7.11 Å². The van der Waals surface area contributed by atoms with Crippen LogP contribution in [0.5, 0.6) is 0 Å². The number of hydrogen-bond donors (Lipinski definition) is 0. The van der Waals surface area contributed by atoms with Crippen molar-refractivity contribution in [3.63, 3.8) is 0 Å². The number of anilines is 1. The quantitative estimate of drug-likeness (QED) is 0.714. The summed E-state index contributed by atoms with van der Waals surface area (Å²) in [5, 5.41) is 0.735. The highest BCUT2D eigenvalue weighted by molar-refractivity contribution is 6.30. The van der Waals surface area contributed by atoms with Crippen LogP contribution in [-0.4, -0.2) is 32.8 Å². The van der Waals surface area contributed by atoms with Crippen molar-refractivity contribution < 1.29 is 14.3 Å².